The first-order valence-corrected chi connectivity index (χ1v) is 22.3. The van der Waals surface area contributed by atoms with Crippen LogP contribution in [0.5, 0.6) is 0 Å². The van der Waals surface area contributed by atoms with Crippen molar-refractivity contribution in [3.63, 3.8) is 0 Å². The molecule has 5 N–H and O–H groups in total. The van der Waals surface area contributed by atoms with Crippen LogP contribution in [0.25, 0.3) is 0 Å². The molecule has 1 amide bonds. The van der Waals surface area contributed by atoms with Gasteiger partial charge in [0, 0.05) is 17.4 Å². The first kappa shape index (κ1) is 42.6. The zero-order valence-electron chi connectivity index (χ0n) is 24.4. The molecule has 1 aliphatic rings. The Bertz CT molecular complexity index is 1070. The van der Waals surface area contributed by atoms with E-state index in [2.05, 4.69) is 51.0 Å². The fraction of sp³-hybridized carbons (Fsp3) is 0.850. The van der Waals surface area contributed by atoms with Crippen LogP contribution < -0.4 is 5.32 Å². The topological polar surface area (TPSA) is 226 Å². The minimum atomic E-state index is -5.64. The summed E-state index contributed by atoms with van der Waals surface area (Å²) in [7, 11) is -8.74. The predicted molar refractivity (Wildman–Crippen MR) is 172 cm³/mol. The van der Waals surface area contributed by atoms with Crippen LogP contribution >= 0.6 is 66.6 Å². The van der Waals surface area contributed by atoms with Crippen molar-refractivity contribution in [2.24, 2.45) is 0 Å². The highest BCUT2D eigenvalue weighted by Crippen LogP contribution is 2.66. The lowest BCUT2D eigenvalue weighted by Gasteiger charge is -2.21. The Kier molecular flexibility index (Phi) is 20.9. The van der Waals surface area contributed by atoms with Crippen molar-refractivity contribution in [3.05, 3.63) is 0 Å². The molecule has 255 valence electrons. The zero-order chi connectivity index (χ0) is 33.3. The highest BCUT2D eigenvalue weighted by Gasteiger charge is 2.43. The number of phosphoric ester groups is 1. The van der Waals surface area contributed by atoms with E-state index >= 15 is 0 Å². The predicted octanol–water partition coefficient (Wildman–Crippen LogP) is 4.12. The van der Waals surface area contributed by atoms with E-state index in [-0.39, 0.29) is 30.3 Å². The lowest BCUT2D eigenvalue weighted by Crippen LogP contribution is -2.29. The maximum absolute atomic E-state index is 12.1. The third-order valence-electron chi connectivity index (χ3n) is 4.54. The smallest absolute Gasteiger partial charge is 0.450 e. The van der Waals surface area contributed by atoms with E-state index in [1.807, 2.05) is 6.26 Å². The highest BCUT2D eigenvalue weighted by atomic mass is 33.1. The Morgan fingerprint density at radius 1 is 1.05 bits per heavy atom. The SMILES string of the molecule is CSSCO[C@H]1C[C@H]([B]C#CCNC(=O)OCCCCOCSSC(C)(C)C)O[C@@H]1COP(=O)(O)OP(=O)(O)OP(=O)(O)O. The van der Waals surface area contributed by atoms with E-state index in [1.165, 1.54) is 28.9 Å². The number of rotatable bonds is 21. The van der Waals surface area contributed by atoms with Gasteiger partial charge < -0.3 is 43.8 Å². The van der Waals surface area contributed by atoms with Crippen molar-refractivity contribution < 1.29 is 70.2 Å². The molecule has 1 fully saturated rings. The molecule has 1 radical (unpaired) electrons. The summed E-state index contributed by atoms with van der Waals surface area (Å²) >= 11 is 0. The molecule has 5 atom stereocenters. The number of hydrogen-bond donors (Lipinski definition) is 5. The van der Waals surface area contributed by atoms with Gasteiger partial charge >= 0.3 is 29.6 Å². The summed E-state index contributed by atoms with van der Waals surface area (Å²) < 4.78 is 68.7. The van der Waals surface area contributed by atoms with Crippen LogP contribution in [0.1, 0.15) is 40.0 Å². The summed E-state index contributed by atoms with van der Waals surface area (Å²) in [6.07, 6.45) is 1.35. The van der Waals surface area contributed by atoms with Gasteiger partial charge in [0.05, 0.1) is 25.9 Å². The lowest BCUT2D eigenvalue weighted by molar-refractivity contribution is -0.0240. The van der Waals surface area contributed by atoms with Gasteiger partial charge in [0.15, 0.2) is 0 Å². The van der Waals surface area contributed by atoms with Crippen molar-refractivity contribution >= 4 is 80.0 Å². The van der Waals surface area contributed by atoms with Crippen LogP contribution in [0.2, 0.25) is 0 Å². The Hall–Kier alpha value is 0.585. The van der Waals surface area contributed by atoms with Gasteiger partial charge in [0.2, 0.25) is 0 Å². The highest BCUT2D eigenvalue weighted by molar-refractivity contribution is 8.77. The molecule has 1 saturated heterocycles. The molecule has 24 heteroatoms. The molecule has 0 bridgehead atoms. The number of nitrogens with one attached hydrogen (secondary N) is 1. The van der Waals surface area contributed by atoms with Crippen LogP contribution in [-0.2, 0) is 45.8 Å². The monoisotopic (exact) mass is 764 g/mol. The molecule has 0 spiro atoms. The number of amides is 1. The largest absolute Gasteiger partial charge is 0.490 e. The fourth-order valence-electron chi connectivity index (χ4n) is 2.95. The fourth-order valence-corrected chi connectivity index (χ4v) is 8.76. The van der Waals surface area contributed by atoms with Crippen LogP contribution in [0.4, 0.5) is 4.79 Å². The van der Waals surface area contributed by atoms with Crippen molar-refractivity contribution in [2.45, 2.75) is 63.0 Å². The summed E-state index contributed by atoms with van der Waals surface area (Å²) in [5.74, 6) is 6.30. The Morgan fingerprint density at radius 2 is 1.75 bits per heavy atom. The van der Waals surface area contributed by atoms with E-state index in [0.717, 1.165) is 6.42 Å². The molecular weight excluding hydrogens is 726 g/mol. The summed E-state index contributed by atoms with van der Waals surface area (Å²) in [4.78, 5) is 48.1. The Morgan fingerprint density at radius 3 is 2.41 bits per heavy atom. The van der Waals surface area contributed by atoms with E-state index in [1.54, 1.807) is 21.6 Å². The number of ether oxygens (including phenoxy) is 4. The molecule has 44 heavy (non-hydrogen) atoms. The third-order valence-corrected chi connectivity index (χ3v) is 12.8. The molecule has 1 heterocycles. The van der Waals surface area contributed by atoms with E-state index < -0.39 is 54.4 Å². The molecular formula is C20H38BNO15P3S4. The van der Waals surface area contributed by atoms with Gasteiger partial charge in [-0.3, -0.25) is 4.52 Å². The number of carbonyl (C=O) groups excluding carboxylic acids is 1. The second-order valence-electron chi connectivity index (χ2n) is 9.47. The summed E-state index contributed by atoms with van der Waals surface area (Å²) in [6, 6.07) is -0.596. The first-order chi connectivity index (χ1) is 20.4. The second-order valence-corrected chi connectivity index (χ2v) is 19.5. The van der Waals surface area contributed by atoms with Crippen LogP contribution in [0.15, 0.2) is 0 Å². The van der Waals surface area contributed by atoms with Crippen LogP contribution in [0, 0.1) is 11.7 Å². The maximum atomic E-state index is 12.1. The van der Waals surface area contributed by atoms with Crippen LogP contribution in [0.3, 0.4) is 0 Å². The standard InChI is InChI=1S/C20H38BNO15P3S4/c1-20(2,3)44-43-14-31-10-5-6-11-32-19(23)22-9-7-8-21-18-12-16(33-15-42-41-4)17(35-18)13-34-39(27,28)37-40(29,30)36-38(24,25)26/h16-18H,5-6,9-15H2,1-4H3,(H,22,23)(H,27,28)(H,29,30)(H2,24,25,26)/t16-,17+,18+/m0/s1. The Balaban J connectivity index is 2.39. The van der Waals surface area contributed by atoms with Crippen molar-refractivity contribution in [3.8, 4) is 11.7 Å². The molecule has 2 unspecified atom stereocenters. The average molecular weight is 765 g/mol. The van der Waals surface area contributed by atoms with Crippen molar-refractivity contribution in [1.29, 1.82) is 0 Å². The first-order valence-electron chi connectivity index (χ1n) is 12.7. The molecule has 1 rings (SSSR count). The summed E-state index contributed by atoms with van der Waals surface area (Å²) in [5, 5.41) is 2.50. The van der Waals surface area contributed by atoms with Crippen molar-refractivity contribution in [1.82, 2.24) is 5.32 Å². The minimum Gasteiger partial charge on any atom is -0.450 e. The Labute approximate surface area is 273 Å². The van der Waals surface area contributed by atoms with Gasteiger partial charge in [-0.15, -0.1) is 0 Å². The molecule has 0 aromatic heterocycles. The molecule has 0 saturated carbocycles. The molecule has 0 aromatic rings. The average Bonchev–Trinajstić information content (AvgIpc) is 3.25. The van der Waals surface area contributed by atoms with Gasteiger partial charge in [-0.05, 0) is 25.5 Å². The second kappa shape index (κ2) is 21.5. The van der Waals surface area contributed by atoms with Gasteiger partial charge in [0.1, 0.15) is 18.0 Å². The number of hydrogen-bond acceptors (Lipinski definition) is 15. The van der Waals surface area contributed by atoms with Crippen LogP contribution in [-0.4, -0.2) is 100 Å². The third kappa shape index (κ3) is 23.0. The van der Waals surface area contributed by atoms with E-state index in [4.69, 9.17) is 28.7 Å². The van der Waals surface area contributed by atoms with Gasteiger partial charge in [-0.25, -0.2) is 18.5 Å². The van der Waals surface area contributed by atoms with Gasteiger partial charge in [-0.1, -0.05) is 69.9 Å². The number of carbonyl (C=O) groups is 1. The van der Waals surface area contributed by atoms with Gasteiger partial charge in [0.25, 0.3) is 7.28 Å². The van der Waals surface area contributed by atoms with Crippen molar-refractivity contribution in [2.75, 3.05) is 44.5 Å². The molecule has 1 aliphatic heterocycles. The summed E-state index contributed by atoms with van der Waals surface area (Å²) in [6.45, 7) is 6.58. The molecule has 0 aliphatic carbocycles. The molecule has 0 aromatic carbocycles. The number of unbranched alkanes of at least 4 members (excludes halogenated alkanes) is 1. The number of phosphoric acid groups is 3. The van der Waals surface area contributed by atoms with E-state index in [9.17, 15) is 28.3 Å². The van der Waals surface area contributed by atoms with Gasteiger partial charge in [-0.2, -0.15) is 14.4 Å². The molecule has 16 nitrogen and oxygen atoms in total. The normalized spacial score (nSPS) is 21.5. The zero-order valence-corrected chi connectivity index (χ0v) is 30.4. The minimum absolute atomic E-state index is 0.00753. The maximum Gasteiger partial charge on any atom is 0.490 e. The quantitative estimate of drug-likeness (QED) is 0.0277. The summed E-state index contributed by atoms with van der Waals surface area (Å²) in [5.41, 5.74) is 0. The lowest BCUT2D eigenvalue weighted by atomic mass is 9.71. The number of alkyl carbamates (subject to hydrolysis) is 1. The van der Waals surface area contributed by atoms with E-state index in [0.29, 0.717) is 19.0 Å².